The number of benzene rings is 3. The molecule has 0 aromatic heterocycles. The van der Waals surface area contributed by atoms with Crippen LogP contribution in [0.15, 0.2) is 72.8 Å². The van der Waals surface area contributed by atoms with Gasteiger partial charge >= 0.3 is 5.97 Å². The Balaban J connectivity index is 1.74. The van der Waals surface area contributed by atoms with E-state index in [4.69, 9.17) is 33.0 Å². The van der Waals surface area contributed by atoms with Crippen LogP contribution in [0.1, 0.15) is 35.8 Å². The summed E-state index contributed by atoms with van der Waals surface area (Å²) in [5.74, 6) is -0.553. The minimum Gasteiger partial charge on any atom is -0.482 e. The molecule has 0 aliphatic carbocycles. The van der Waals surface area contributed by atoms with Gasteiger partial charge in [-0.3, -0.25) is 4.90 Å². The van der Waals surface area contributed by atoms with Gasteiger partial charge in [0, 0.05) is 29.2 Å². The van der Waals surface area contributed by atoms with Crippen molar-refractivity contribution in [2.45, 2.75) is 31.6 Å². The fourth-order valence-electron chi connectivity index (χ4n) is 3.85. The van der Waals surface area contributed by atoms with Gasteiger partial charge in [-0.15, -0.1) is 0 Å². The molecule has 3 unspecified atom stereocenters. The quantitative estimate of drug-likeness (QED) is 0.307. The third-order valence-corrected chi connectivity index (χ3v) is 6.19. The van der Waals surface area contributed by atoms with Gasteiger partial charge in [-0.2, -0.15) is 0 Å². The van der Waals surface area contributed by atoms with E-state index in [1.807, 2.05) is 36.1 Å². The van der Waals surface area contributed by atoms with Gasteiger partial charge in [0.05, 0.1) is 12.2 Å². The molecule has 35 heavy (non-hydrogen) atoms. The minimum atomic E-state index is -1.03. The summed E-state index contributed by atoms with van der Waals surface area (Å²) in [5.41, 5.74) is 2.42. The molecule has 3 atom stereocenters. The number of carbonyl (C=O) groups is 1. The lowest BCUT2D eigenvalue weighted by Gasteiger charge is -2.33. The van der Waals surface area contributed by atoms with Crippen LogP contribution in [0.4, 0.5) is 0 Å². The number of halogens is 2. The Bertz CT molecular complexity index is 1060. The highest BCUT2D eigenvalue weighted by molar-refractivity contribution is 6.30. The third-order valence-electron chi connectivity index (χ3n) is 5.72. The second-order valence-corrected chi connectivity index (χ2v) is 9.35. The zero-order valence-electron chi connectivity index (χ0n) is 19.3. The summed E-state index contributed by atoms with van der Waals surface area (Å²) in [7, 11) is 0. The van der Waals surface area contributed by atoms with Crippen LogP contribution < -0.4 is 4.74 Å². The molecule has 3 N–H and O–H groups in total. The van der Waals surface area contributed by atoms with E-state index in [0.29, 0.717) is 46.4 Å². The molecular formula is C27H29Cl2NO5. The van der Waals surface area contributed by atoms with Gasteiger partial charge in [0.2, 0.25) is 0 Å². The van der Waals surface area contributed by atoms with Crippen LogP contribution in [0.2, 0.25) is 10.0 Å². The number of nitrogens with zero attached hydrogens (tertiary/aromatic N) is 1. The van der Waals surface area contributed by atoms with Crippen LogP contribution in [0.25, 0.3) is 0 Å². The highest BCUT2D eigenvalue weighted by Gasteiger charge is 2.23. The van der Waals surface area contributed by atoms with Crippen molar-refractivity contribution in [2.24, 2.45) is 0 Å². The summed E-state index contributed by atoms with van der Waals surface area (Å²) < 4.78 is 5.20. The number of aliphatic hydroxyl groups is 2. The molecule has 8 heteroatoms. The Kier molecular flexibility index (Phi) is 9.95. The van der Waals surface area contributed by atoms with Gasteiger partial charge in [-0.1, -0.05) is 59.6 Å². The van der Waals surface area contributed by atoms with E-state index in [-0.39, 0.29) is 6.04 Å². The van der Waals surface area contributed by atoms with Crippen molar-refractivity contribution in [3.63, 3.8) is 0 Å². The van der Waals surface area contributed by atoms with E-state index < -0.39 is 24.8 Å². The molecule has 0 bridgehead atoms. The molecule has 3 aromatic rings. The summed E-state index contributed by atoms with van der Waals surface area (Å²) >= 11 is 12.2. The van der Waals surface area contributed by atoms with Crippen LogP contribution in [0.5, 0.6) is 5.75 Å². The van der Waals surface area contributed by atoms with Gasteiger partial charge in [0.15, 0.2) is 6.61 Å². The highest BCUT2D eigenvalue weighted by atomic mass is 35.5. The Morgan fingerprint density at radius 2 is 1.40 bits per heavy atom. The fourth-order valence-corrected chi connectivity index (χ4v) is 4.25. The van der Waals surface area contributed by atoms with Crippen LogP contribution in [-0.4, -0.2) is 51.9 Å². The van der Waals surface area contributed by atoms with Crippen LogP contribution >= 0.6 is 23.2 Å². The lowest BCUT2D eigenvalue weighted by molar-refractivity contribution is -0.139. The number of aliphatic carboxylic acids is 1. The first-order valence-electron chi connectivity index (χ1n) is 11.3. The Morgan fingerprint density at radius 1 is 0.886 bits per heavy atom. The molecule has 0 radical (unpaired) electrons. The lowest BCUT2D eigenvalue weighted by Crippen LogP contribution is -2.40. The number of carboxylic acids is 1. The van der Waals surface area contributed by atoms with Gasteiger partial charge in [0.1, 0.15) is 5.75 Å². The van der Waals surface area contributed by atoms with E-state index in [1.54, 1.807) is 48.5 Å². The number of carboxylic acid groups (broad SMARTS) is 1. The number of ether oxygens (including phenoxy) is 1. The van der Waals surface area contributed by atoms with Crippen molar-refractivity contribution in [1.29, 1.82) is 0 Å². The Labute approximate surface area is 215 Å². The third kappa shape index (κ3) is 8.53. The van der Waals surface area contributed by atoms with Crippen LogP contribution in [-0.2, 0) is 11.2 Å². The molecule has 186 valence electrons. The average Bonchev–Trinajstić information content (AvgIpc) is 2.83. The zero-order chi connectivity index (χ0) is 25.4. The predicted octanol–water partition coefficient (Wildman–Crippen LogP) is 5.16. The first-order valence-corrected chi connectivity index (χ1v) is 12.0. The number of aliphatic hydroxyl groups excluding tert-OH is 2. The van der Waals surface area contributed by atoms with Crippen molar-refractivity contribution in [2.75, 3.05) is 19.7 Å². The zero-order valence-corrected chi connectivity index (χ0v) is 20.9. The summed E-state index contributed by atoms with van der Waals surface area (Å²) in [6.07, 6.45) is -0.951. The van der Waals surface area contributed by atoms with Gasteiger partial charge < -0.3 is 20.1 Å². The number of hydrogen-bond acceptors (Lipinski definition) is 5. The molecule has 0 saturated carbocycles. The average molecular weight is 518 g/mol. The standard InChI is InChI=1S/C27H29Cl2NO5/c1-18(12-19-8-10-24(11-9-19)35-17-27(33)34)30(15-25(31)20-4-2-6-22(28)13-20)16-26(32)21-5-3-7-23(29)14-21/h2-11,13-14,18,25-26,31-32H,12,15-17H2,1H3,(H,33,34). The normalized spacial score (nSPS) is 13.9. The topological polar surface area (TPSA) is 90.2 Å². The number of hydrogen-bond donors (Lipinski definition) is 3. The maximum Gasteiger partial charge on any atom is 0.341 e. The first kappa shape index (κ1) is 27.0. The van der Waals surface area contributed by atoms with Crippen molar-refractivity contribution in [1.82, 2.24) is 4.90 Å². The molecule has 0 spiro atoms. The molecule has 0 aliphatic heterocycles. The molecule has 0 amide bonds. The van der Waals surface area contributed by atoms with E-state index in [0.717, 1.165) is 5.56 Å². The molecule has 3 aromatic carbocycles. The van der Waals surface area contributed by atoms with E-state index in [2.05, 4.69) is 0 Å². The van der Waals surface area contributed by atoms with E-state index >= 15 is 0 Å². The second-order valence-electron chi connectivity index (χ2n) is 8.48. The molecular weight excluding hydrogens is 489 g/mol. The molecule has 0 aliphatic rings. The molecule has 0 fully saturated rings. The fraction of sp³-hybridized carbons (Fsp3) is 0.296. The predicted molar refractivity (Wildman–Crippen MR) is 137 cm³/mol. The minimum absolute atomic E-state index is 0.0385. The maximum absolute atomic E-state index is 10.9. The second kappa shape index (κ2) is 12.9. The summed E-state index contributed by atoms with van der Waals surface area (Å²) in [6.45, 7) is 2.22. The smallest absolute Gasteiger partial charge is 0.341 e. The van der Waals surface area contributed by atoms with Gasteiger partial charge in [-0.25, -0.2) is 4.79 Å². The van der Waals surface area contributed by atoms with Crippen molar-refractivity contribution in [3.8, 4) is 5.75 Å². The summed E-state index contributed by atoms with van der Waals surface area (Å²) in [6, 6.07) is 21.4. The summed E-state index contributed by atoms with van der Waals surface area (Å²) in [4.78, 5) is 12.7. The van der Waals surface area contributed by atoms with Crippen molar-refractivity contribution < 1.29 is 24.9 Å². The highest BCUT2D eigenvalue weighted by Crippen LogP contribution is 2.24. The van der Waals surface area contributed by atoms with E-state index in [1.165, 1.54) is 0 Å². The van der Waals surface area contributed by atoms with Gasteiger partial charge in [0.25, 0.3) is 0 Å². The van der Waals surface area contributed by atoms with Crippen LogP contribution in [0.3, 0.4) is 0 Å². The van der Waals surface area contributed by atoms with E-state index in [9.17, 15) is 15.0 Å². The van der Waals surface area contributed by atoms with Crippen LogP contribution in [0, 0.1) is 0 Å². The Hall–Kier alpha value is -2.61. The SMILES string of the molecule is CC(Cc1ccc(OCC(=O)O)cc1)N(CC(O)c1cccc(Cl)c1)CC(O)c1cccc(Cl)c1. The van der Waals surface area contributed by atoms with Crippen molar-refractivity contribution >= 4 is 29.2 Å². The van der Waals surface area contributed by atoms with Crippen molar-refractivity contribution in [3.05, 3.63) is 99.5 Å². The molecule has 0 saturated heterocycles. The molecule has 3 rings (SSSR count). The number of rotatable bonds is 12. The lowest BCUT2D eigenvalue weighted by atomic mass is 10.0. The Morgan fingerprint density at radius 3 is 1.86 bits per heavy atom. The van der Waals surface area contributed by atoms with Gasteiger partial charge in [-0.05, 0) is 66.4 Å². The first-order chi connectivity index (χ1) is 16.7. The summed E-state index contributed by atoms with van der Waals surface area (Å²) in [5, 5.41) is 31.7. The largest absolute Gasteiger partial charge is 0.482 e. The molecule has 0 heterocycles. The molecule has 6 nitrogen and oxygen atoms in total. The monoisotopic (exact) mass is 517 g/mol. The maximum atomic E-state index is 10.9.